The monoisotopic (exact) mass is 1200 g/mol. The zero-order valence-corrected chi connectivity index (χ0v) is 45.0. The van der Waals surface area contributed by atoms with E-state index < -0.39 is 137 Å². The Morgan fingerprint density at radius 3 is 1.74 bits per heavy atom. The molecule has 7 unspecified atom stereocenters. The Bertz CT molecular complexity index is 3540. The quantitative estimate of drug-likeness (QED) is 0.0303. The van der Waals surface area contributed by atoms with Crippen molar-refractivity contribution in [1.82, 2.24) is 58.1 Å². The van der Waals surface area contributed by atoms with E-state index >= 15 is 0 Å². The van der Waals surface area contributed by atoms with Crippen molar-refractivity contribution in [2.75, 3.05) is 49.4 Å². The number of aromatic nitrogens is 12. The number of hydrogen-bond acceptors (Lipinski definition) is 32. The van der Waals surface area contributed by atoms with Crippen molar-refractivity contribution in [3.8, 4) is 0 Å². The molecule has 40 heteroatoms. The van der Waals surface area contributed by atoms with Gasteiger partial charge in [-0.05, 0) is 12.1 Å². The van der Waals surface area contributed by atoms with Crippen LogP contribution in [-0.2, 0) is 86.5 Å². The minimum atomic E-state index is -4.69. The number of ether oxygens (including phenoxy) is 4. The van der Waals surface area contributed by atoms with Crippen LogP contribution in [0, 0.1) is 0 Å². The molecule has 4 aliphatic heterocycles. The van der Waals surface area contributed by atoms with E-state index in [1.54, 1.807) is 0 Å². The van der Waals surface area contributed by atoms with Crippen molar-refractivity contribution in [2.24, 2.45) is 0 Å². The van der Waals surface area contributed by atoms with E-state index in [4.69, 9.17) is 105 Å². The number of nitrogens with one attached hydrogen (secondary N) is 1. The third-order valence-corrected chi connectivity index (χ3v) is 17.4. The molecule has 6 aromatic heterocycles. The van der Waals surface area contributed by atoms with Gasteiger partial charge in [0.2, 0.25) is 5.95 Å². The SMILES string of the molecule is Nc1ccn([C@H]2CC(O)[C@@H](COP([O-])(=S)OC3C[C@H](n4cnc5c(N)ncnc54)O[C@@H]3COP(=O)([S-])OC3C[C@H](n4ccc(N)nc4=O)O[C@@H]3COP([O-])(=S)OC3C[C@H](n4cnc5c(=O)[nH]c(N)nc54)O[C@@H]3CO)O2)c(=O)n1. The Hall–Kier alpha value is -4.82. The molecule has 10 heterocycles. The molecule has 0 bridgehead atoms. The minimum absolute atomic E-state index is 0.0185. The summed E-state index contributed by atoms with van der Waals surface area (Å²) in [6, 6.07) is 2.69. The van der Waals surface area contributed by atoms with Gasteiger partial charge >= 0.3 is 11.4 Å². The van der Waals surface area contributed by atoms with Gasteiger partial charge in [-0.1, -0.05) is 23.6 Å². The van der Waals surface area contributed by atoms with Crippen LogP contribution in [0.25, 0.3) is 22.3 Å². The van der Waals surface area contributed by atoms with Crippen molar-refractivity contribution < 1.29 is 70.7 Å². The van der Waals surface area contributed by atoms with Gasteiger partial charge in [0.15, 0.2) is 29.4 Å². The maximum Gasteiger partial charge on any atom is 0.351 e. The van der Waals surface area contributed by atoms with Crippen LogP contribution in [-0.4, -0.2) is 144 Å². The molecule has 15 atom stereocenters. The van der Waals surface area contributed by atoms with E-state index in [0.717, 1.165) is 9.13 Å². The molecule has 6 aromatic rings. The number of aliphatic hydroxyl groups is 2. The fourth-order valence-corrected chi connectivity index (χ4v) is 13.4. The van der Waals surface area contributed by atoms with Crippen LogP contribution in [0.4, 0.5) is 23.4 Å². The Kier molecular flexibility index (Phi) is 16.4. The lowest BCUT2D eigenvalue weighted by molar-refractivity contribution is -0.216. The highest BCUT2D eigenvalue weighted by Gasteiger charge is 2.45. The Morgan fingerprint density at radius 2 is 1.15 bits per heavy atom. The smallest absolute Gasteiger partial charge is 0.351 e. The van der Waals surface area contributed by atoms with Gasteiger partial charge in [0.05, 0.1) is 63.5 Å². The number of fused-ring (bicyclic) bond motifs is 2. The third kappa shape index (κ3) is 12.4. The molecular formula is C38H46N16O18P3S3-3. The van der Waals surface area contributed by atoms with Gasteiger partial charge in [0.1, 0.15) is 86.2 Å². The summed E-state index contributed by atoms with van der Waals surface area (Å²) < 4.78 is 77.8. The molecule has 0 amide bonds. The van der Waals surface area contributed by atoms with Crippen LogP contribution in [0.3, 0.4) is 0 Å². The number of anilines is 4. The van der Waals surface area contributed by atoms with Gasteiger partial charge in [-0.25, -0.2) is 29.5 Å². The normalized spacial score (nSPS) is 29.8. The number of H-pyrrole nitrogens is 1. The van der Waals surface area contributed by atoms with Crippen molar-refractivity contribution in [3.05, 3.63) is 74.8 Å². The molecule has 0 spiro atoms. The highest BCUT2D eigenvalue weighted by atomic mass is 32.7. The average molecular weight is 1200 g/mol. The molecule has 11 N–H and O–H groups in total. The highest BCUT2D eigenvalue weighted by Crippen LogP contribution is 2.53. The van der Waals surface area contributed by atoms with Gasteiger partial charge in [-0.3, -0.25) is 32.6 Å². The first-order valence-electron chi connectivity index (χ1n) is 23.2. The van der Waals surface area contributed by atoms with Crippen molar-refractivity contribution in [1.29, 1.82) is 0 Å². The van der Waals surface area contributed by atoms with Crippen molar-refractivity contribution in [3.63, 3.8) is 0 Å². The Labute approximate surface area is 452 Å². The molecule has 4 fully saturated rings. The van der Waals surface area contributed by atoms with E-state index in [1.165, 1.54) is 52.6 Å². The molecule has 0 radical (unpaired) electrons. The number of nitrogen functional groups attached to an aromatic ring is 4. The fourth-order valence-electron chi connectivity index (χ4n) is 9.05. The first kappa shape index (κ1) is 56.5. The number of rotatable bonds is 20. The van der Waals surface area contributed by atoms with Crippen molar-refractivity contribution >= 4 is 102 Å². The molecule has 4 aliphatic rings. The number of hydrogen-bond donors (Lipinski definition) is 7. The van der Waals surface area contributed by atoms with E-state index in [-0.39, 0.29) is 71.4 Å². The third-order valence-electron chi connectivity index (χ3n) is 12.7. The van der Waals surface area contributed by atoms with Gasteiger partial charge in [-0.15, -0.1) is 0 Å². The Balaban J connectivity index is 0.822. The van der Waals surface area contributed by atoms with E-state index in [2.05, 4.69) is 39.9 Å². The summed E-state index contributed by atoms with van der Waals surface area (Å²) >= 11 is 15.9. The van der Waals surface area contributed by atoms with E-state index in [0.29, 0.717) is 0 Å². The van der Waals surface area contributed by atoms with E-state index in [9.17, 15) is 38.9 Å². The number of imidazole rings is 2. The molecule has 0 saturated carbocycles. The first-order valence-corrected chi connectivity index (χ1v) is 30.9. The maximum atomic E-state index is 14.2. The second-order valence-electron chi connectivity index (χ2n) is 17.8. The van der Waals surface area contributed by atoms with Crippen molar-refractivity contribution in [2.45, 2.75) is 99.4 Å². The minimum Gasteiger partial charge on any atom is -0.780 e. The largest absolute Gasteiger partial charge is 0.780 e. The molecule has 10 rings (SSSR count). The predicted octanol–water partition coefficient (Wildman–Crippen LogP) is -2.66. The Morgan fingerprint density at radius 1 is 0.667 bits per heavy atom. The summed E-state index contributed by atoms with van der Waals surface area (Å²) in [7, 11) is 0. The topological polar surface area (TPSA) is 477 Å². The van der Waals surface area contributed by atoms with Crippen LogP contribution in [0.5, 0.6) is 0 Å². The molecule has 4 saturated heterocycles. The summed E-state index contributed by atoms with van der Waals surface area (Å²) in [6.07, 6.45) is -7.97. The number of nitrogens with two attached hydrogens (primary N) is 4. The van der Waals surface area contributed by atoms with Gasteiger partial charge < -0.3 is 101 Å². The summed E-state index contributed by atoms with van der Waals surface area (Å²) in [5.74, 6) is -0.241. The number of aliphatic hydroxyl groups excluding tert-OH is 2. The molecular weight excluding hydrogens is 1160 g/mol. The lowest BCUT2D eigenvalue weighted by Gasteiger charge is -2.35. The van der Waals surface area contributed by atoms with Crippen LogP contribution >= 0.6 is 20.2 Å². The van der Waals surface area contributed by atoms with Crippen LogP contribution < -0.4 is 49.7 Å². The molecule has 422 valence electrons. The van der Waals surface area contributed by atoms with Gasteiger partial charge in [0.25, 0.3) is 5.56 Å². The van der Waals surface area contributed by atoms with E-state index in [1.807, 2.05) is 0 Å². The van der Waals surface area contributed by atoms with Crippen LogP contribution in [0.1, 0.15) is 50.6 Å². The summed E-state index contributed by atoms with van der Waals surface area (Å²) in [5, 5.41) is 21.0. The molecule has 34 nitrogen and oxygen atoms in total. The second kappa shape index (κ2) is 22.6. The predicted molar refractivity (Wildman–Crippen MR) is 271 cm³/mol. The van der Waals surface area contributed by atoms with Gasteiger partial charge in [0, 0.05) is 38.1 Å². The maximum absolute atomic E-state index is 14.2. The zero-order chi connectivity index (χ0) is 55.4. The number of nitrogens with zero attached hydrogens (tertiary/aromatic N) is 11. The standard InChI is InChI=1S/C38H49N16O18P3S3/c39-24-1-3-51(37(58)47-24)26-5-16(56)21(67-26)10-63-73(60,76)72-19-8-28(53-14-45-30-32(41)43-13-44-33(30)53)69-23(19)12-65-75(62,78)71-18-7-27(52-4-2-25(40)48-38(52)59)68-22(18)11-64-74(61,77)70-17-6-29(66-20(17)9-55)54-15-46-31-34(54)49-36(42)50-35(31)57/h1-4,13-23,26-29,55-56H,5-12H2,(H,60,76)(H,61,77)(H,62,78)(H2,39,47,58)(H2,40,48,59)(H2,41,43,44)(H3,42,49,50,57)/p-3/t16?,17?,18?,19?,20-,21-,22-,23-,26-,27-,28-,29-,73?,74?,75?/m1/s1. The molecule has 78 heavy (non-hydrogen) atoms. The van der Waals surface area contributed by atoms with Crippen LogP contribution in [0.15, 0.2) is 57.9 Å². The van der Waals surface area contributed by atoms with Gasteiger partial charge in [-0.2, -0.15) is 15.0 Å². The molecule has 0 aromatic carbocycles. The summed E-state index contributed by atoms with van der Waals surface area (Å²) in [4.78, 5) is 95.9. The van der Waals surface area contributed by atoms with Crippen LogP contribution in [0.2, 0.25) is 0 Å². The highest BCUT2D eigenvalue weighted by molar-refractivity contribution is 8.32. The summed E-state index contributed by atoms with van der Waals surface area (Å²) in [6.45, 7) is -16.3. The lowest BCUT2D eigenvalue weighted by Crippen LogP contribution is -2.33. The lowest BCUT2D eigenvalue weighted by atomic mass is 10.2. The molecule has 0 aliphatic carbocycles. The fraction of sp³-hybridized carbons (Fsp3) is 0.526. The number of aromatic amines is 1. The second-order valence-corrected chi connectivity index (χ2v) is 25.9. The average Bonchev–Trinajstić information content (AvgIpc) is 4.29. The zero-order valence-electron chi connectivity index (χ0n) is 39.8. The first-order chi connectivity index (χ1) is 37.0. The summed E-state index contributed by atoms with van der Waals surface area (Å²) in [5.41, 5.74) is 21.4.